The largest absolute Gasteiger partial charge is 0.265 e. The first-order valence-electron chi connectivity index (χ1n) is 6.54. The van der Waals surface area contributed by atoms with E-state index in [0.717, 1.165) is 10.9 Å². The van der Waals surface area contributed by atoms with E-state index in [1.54, 1.807) is 0 Å². The van der Waals surface area contributed by atoms with Crippen LogP contribution in [-0.4, -0.2) is 11.5 Å². The van der Waals surface area contributed by atoms with Gasteiger partial charge in [0, 0.05) is 4.92 Å². The highest BCUT2D eigenvalue weighted by molar-refractivity contribution is 5.83. The molecule has 2 aromatic rings. The third kappa shape index (κ3) is 2.60. The summed E-state index contributed by atoms with van der Waals surface area (Å²) in [5.41, 5.74) is 0.603. The minimum absolute atomic E-state index is 0.0387. The molecule has 0 spiro atoms. The van der Waals surface area contributed by atoms with Crippen molar-refractivity contribution in [1.82, 2.24) is 0 Å². The monoisotopic (exact) mass is 257 g/mol. The first-order chi connectivity index (χ1) is 8.93. The van der Waals surface area contributed by atoms with Gasteiger partial charge < -0.3 is 0 Å². The van der Waals surface area contributed by atoms with Crippen LogP contribution in [0.25, 0.3) is 10.8 Å². The zero-order valence-electron chi connectivity index (χ0n) is 11.6. The van der Waals surface area contributed by atoms with Gasteiger partial charge in [-0.3, -0.25) is 10.1 Å². The van der Waals surface area contributed by atoms with Crippen LogP contribution in [0.1, 0.15) is 26.3 Å². The summed E-state index contributed by atoms with van der Waals surface area (Å²) >= 11 is 0. The molecule has 0 bridgehead atoms. The summed E-state index contributed by atoms with van der Waals surface area (Å²) in [6, 6.07) is 14.2. The van der Waals surface area contributed by atoms with E-state index in [1.807, 2.05) is 51.1 Å². The van der Waals surface area contributed by atoms with Crippen molar-refractivity contribution >= 4 is 10.8 Å². The molecule has 3 nitrogen and oxygen atoms in total. The minimum atomic E-state index is -0.437. The number of fused-ring (bicyclic) bond motifs is 1. The van der Waals surface area contributed by atoms with Crippen LogP contribution in [-0.2, 0) is 5.41 Å². The number of hydrogen-bond donors (Lipinski definition) is 0. The van der Waals surface area contributed by atoms with Crippen LogP contribution in [0.3, 0.4) is 0 Å². The topological polar surface area (TPSA) is 43.1 Å². The zero-order chi connectivity index (χ0) is 14.0. The number of nitro groups is 1. The molecule has 0 unspecified atom stereocenters. The summed E-state index contributed by atoms with van der Waals surface area (Å²) in [6.45, 7) is 6.02. The lowest BCUT2D eigenvalue weighted by Gasteiger charge is -2.30. The van der Waals surface area contributed by atoms with E-state index < -0.39 is 5.41 Å². The molecule has 0 N–H and O–H groups in total. The van der Waals surface area contributed by atoms with Gasteiger partial charge in [0.05, 0.1) is 5.41 Å². The molecule has 0 fully saturated rings. The second kappa shape index (κ2) is 5.00. The Labute approximate surface area is 113 Å². The predicted molar refractivity (Wildman–Crippen MR) is 78.0 cm³/mol. The van der Waals surface area contributed by atoms with Crippen molar-refractivity contribution in [3.05, 3.63) is 58.1 Å². The molecule has 0 saturated heterocycles. The van der Waals surface area contributed by atoms with Gasteiger partial charge in [-0.2, -0.15) is 0 Å². The van der Waals surface area contributed by atoms with Crippen LogP contribution in [0.15, 0.2) is 42.5 Å². The Morgan fingerprint density at radius 3 is 2.37 bits per heavy atom. The molecular weight excluding hydrogens is 238 g/mol. The average molecular weight is 257 g/mol. The van der Waals surface area contributed by atoms with E-state index in [1.165, 1.54) is 5.39 Å². The maximum Gasteiger partial charge on any atom is 0.213 e. The van der Waals surface area contributed by atoms with Crippen molar-refractivity contribution < 1.29 is 4.92 Å². The van der Waals surface area contributed by atoms with E-state index >= 15 is 0 Å². The van der Waals surface area contributed by atoms with Crippen molar-refractivity contribution in [2.75, 3.05) is 6.54 Å². The Balaban J connectivity index is 2.53. The van der Waals surface area contributed by atoms with E-state index in [4.69, 9.17) is 0 Å². The first-order valence-corrected chi connectivity index (χ1v) is 6.54. The Bertz CT molecular complexity index is 606. The zero-order valence-corrected chi connectivity index (χ0v) is 11.6. The van der Waals surface area contributed by atoms with E-state index in [0.29, 0.717) is 0 Å². The summed E-state index contributed by atoms with van der Waals surface area (Å²) in [4.78, 5) is 10.7. The summed E-state index contributed by atoms with van der Waals surface area (Å²) in [5.74, 6) is 0.207. The Kier molecular flexibility index (Phi) is 3.56. The molecule has 0 aliphatic carbocycles. The molecule has 0 heterocycles. The normalized spacial score (nSPS) is 14.5. The fourth-order valence-corrected chi connectivity index (χ4v) is 2.42. The highest BCUT2D eigenvalue weighted by Gasteiger charge is 2.35. The number of benzene rings is 2. The first kappa shape index (κ1) is 13.5. The smallest absolute Gasteiger partial charge is 0.213 e. The van der Waals surface area contributed by atoms with Crippen LogP contribution in [0.2, 0.25) is 0 Å². The maximum absolute atomic E-state index is 11.0. The van der Waals surface area contributed by atoms with Crippen molar-refractivity contribution in [2.45, 2.75) is 26.2 Å². The van der Waals surface area contributed by atoms with Crippen molar-refractivity contribution in [1.29, 1.82) is 0 Å². The van der Waals surface area contributed by atoms with Crippen LogP contribution >= 0.6 is 0 Å². The number of nitrogens with zero attached hydrogens (tertiary/aromatic N) is 1. The van der Waals surface area contributed by atoms with Gasteiger partial charge in [0.2, 0.25) is 6.54 Å². The predicted octanol–water partition coefficient (Wildman–Crippen LogP) is 4.03. The second-order valence-corrected chi connectivity index (χ2v) is 5.62. The van der Waals surface area contributed by atoms with Gasteiger partial charge in [-0.1, -0.05) is 56.3 Å². The standard InChI is InChI=1S/C16H19NO2/c1-12(2)16(3,11-17(18)19)15-9-8-13-6-4-5-7-14(13)10-15/h4-10,12H,11H2,1-3H3/t16-/m1/s1. The summed E-state index contributed by atoms with van der Waals surface area (Å²) in [5, 5.41) is 13.3. The third-order valence-corrected chi connectivity index (χ3v) is 4.14. The minimum Gasteiger partial charge on any atom is -0.265 e. The molecule has 0 amide bonds. The quantitative estimate of drug-likeness (QED) is 0.613. The molecule has 3 heteroatoms. The Morgan fingerprint density at radius 2 is 1.79 bits per heavy atom. The highest BCUT2D eigenvalue weighted by atomic mass is 16.6. The molecule has 0 aliphatic heterocycles. The van der Waals surface area contributed by atoms with Gasteiger partial charge >= 0.3 is 0 Å². The number of hydrogen-bond acceptors (Lipinski definition) is 2. The molecule has 0 radical (unpaired) electrons. The fourth-order valence-electron chi connectivity index (χ4n) is 2.42. The molecule has 1 atom stereocenters. The average Bonchev–Trinajstić information content (AvgIpc) is 2.37. The molecular formula is C16H19NO2. The van der Waals surface area contributed by atoms with Crippen LogP contribution in [0.5, 0.6) is 0 Å². The molecule has 19 heavy (non-hydrogen) atoms. The Morgan fingerprint density at radius 1 is 1.16 bits per heavy atom. The summed E-state index contributed by atoms with van der Waals surface area (Å²) in [6.07, 6.45) is 0. The molecule has 0 aliphatic rings. The molecule has 2 rings (SSSR count). The lowest BCUT2D eigenvalue weighted by atomic mass is 9.73. The maximum atomic E-state index is 11.0. The number of rotatable bonds is 4. The summed E-state index contributed by atoms with van der Waals surface area (Å²) in [7, 11) is 0. The lowest BCUT2D eigenvalue weighted by molar-refractivity contribution is -0.492. The molecule has 0 saturated carbocycles. The van der Waals surface area contributed by atoms with Crippen molar-refractivity contribution in [2.24, 2.45) is 5.92 Å². The third-order valence-electron chi connectivity index (χ3n) is 4.14. The van der Waals surface area contributed by atoms with E-state index in [2.05, 4.69) is 12.1 Å². The van der Waals surface area contributed by atoms with Crippen LogP contribution in [0.4, 0.5) is 0 Å². The van der Waals surface area contributed by atoms with Gasteiger partial charge in [-0.25, -0.2) is 0 Å². The second-order valence-electron chi connectivity index (χ2n) is 5.62. The van der Waals surface area contributed by atoms with E-state index in [9.17, 15) is 10.1 Å². The molecule has 2 aromatic carbocycles. The van der Waals surface area contributed by atoms with Crippen molar-refractivity contribution in [3.8, 4) is 0 Å². The van der Waals surface area contributed by atoms with Gasteiger partial charge in [0.15, 0.2) is 0 Å². The van der Waals surface area contributed by atoms with Gasteiger partial charge in [-0.15, -0.1) is 0 Å². The van der Waals surface area contributed by atoms with E-state index in [-0.39, 0.29) is 17.4 Å². The van der Waals surface area contributed by atoms with Crippen LogP contribution in [0, 0.1) is 16.0 Å². The molecule has 0 aromatic heterocycles. The van der Waals surface area contributed by atoms with Crippen molar-refractivity contribution in [3.63, 3.8) is 0 Å². The lowest BCUT2D eigenvalue weighted by Crippen LogP contribution is -2.36. The highest BCUT2D eigenvalue weighted by Crippen LogP contribution is 2.33. The van der Waals surface area contributed by atoms with Gasteiger partial charge in [-0.05, 0) is 29.2 Å². The molecule has 100 valence electrons. The fraction of sp³-hybridized carbons (Fsp3) is 0.375. The van der Waals surface area contributed by atoms with Gasteiger partial charge in [0.1, 0.15) is 0 Å². The summed E-state index contributed by atoms with van der Waals surface area (Å²) < 4.78 is 0. The Hall–Kier alpha value is -1.90. The van der Waals surface area contributed by atoms with Gasteiger partial charge in [0.25, 0.3) is 0 Å². The SMILES string of the molecule is CC(C)[C@@](C)(C[N+](=O)[O-])c1ccc2ccccc2c1. The van der Waals surface area contributed by atoms with Crippen LogP contribution < -0.4 is 0 Å².